The van der Waals surface area contributed by atoms with Gasteiger partial charge in [-0.25, -0.2) is 0 Å². The molecular weight excluding hydrogens is 252 g/mol. The van der Waals surface area contributed by atoms with Crippen molar-refractivity contribution in [2.45, 2.75) is 57.5 Å². The maximum absolute atomic E-state index is 12.4. The zero-order valence-electron chi connectivity index (χ0n) is 12.9. The molecule has 0 aliphatic heterocycles. The Kier molecular flexibility index (Phi) is 4.86. The maximum Gasteiger partial charge on any atom is 0.224 e. The first-order valence-corrected chi connectivity index (χ1v) is 7.53. The molecule has 0 atom stereocenters. The van der Waals surface area contributed by atoms with Gasteiger partial charge >= 0.3 is 0 Å². The van der Waals surface area contributed by atoms with Crippen LogP contribution in [0.3, 0.4) is 0 Å². The topological polar surface area (TPSA) is 45.5 Å². The Labute approximate surface area is 121 Å². The second-order valence-electron chi connectivity index (χ2n) is 6.03. The van der Waals surface area contributed by atoms with E-state index in [4.69, 9.17) is 4.42 Å². The van der Waals surface area contributed by atoms with Gasteiger partial charge in [-0.3, -0.25) is 4.79 Å². The third-order valence-corrected chi connectivity index (χ3v) is 4.45. The zero-order valence-corrected chi connectivity index (χ0v) is 12.9. The summed E-state index contributed by atoms with van der Waals surface area (Å²) < 4.78 is 5.54. The van der Waals surface area contributed by atoms with Crippen LogP contribution in [0.2, 0.25) is 0 Å². The SMILES string of the molecule is CNC1(CC(=O)N(C)Cc2ccc(C)o2)CCCCC1. The Hall–Kier alpha value is -1.29. The fourth-order valence-corrected chi connectivity index (χ4v) is 3.06. The van der Waals surface area contributed by atoms with Crippen LogP contribution in [0.25, 0.3) is 0 Å². The van der Waals surface area contributed by atoms with Crippen molar-refractivity contribution < 1.29 is 9.21 Å². The lowest BCUT2D eigenvalue weighted by Crippen LogP contribution is -2.48. The predicted molar refractivity (Wildman–Crippen MR) is 79.4 cm³/mol. The Morgan fingerprint density at radius 1 is 1.35 bits per heavy atom. The molecule has 1 aromatic heterocycles. The molecule has 0 aromatic carbocycles. The van der Waals surface area contributed by atoms with E-state index in [-0.39, 0.29) is 11.4 Å². The van der Waals surface area contributed by atoms with Gasteiger partial charge < -0.3 is 14.6 Å². The molecule has 2 rings (SSSR count). The van der Waals surface area contributed by atoms with Gasteiger partial charge in [-0.2, -0.15) is 0 Å². The number of nitrogens with one attached hydrogen (secondary N) is 1. The largest absolute Gasteiger partial charge is 0.464 e. The minimum Gasteiger partial charge on any atom is -0.464 e. The average molecular weight is 278 g/mol. The lowest BCUT2D eigenvalue weighted by molar-refractivity contribution is -0.132. The summed E-state index contributed by atoms with van der Waals surface area (Å²) in [5.74, 6) is 1.93. The lowest BCUT2D eigenvalue weighted by atomic mass is 9.79. The van der Waals surface area contributed by atoms with Crippen LogP contribution < -0.4 is 5.32 Å². The van der Waals surface area contributed by atoms with Crippen molar-refractivity contribution in [1.29, 1.82) is 0 Å². The highest BCUT2D eigenvalue weighted by Gasteiger charge is 2.33. The number of rotatable bonds is 5. The molecule has 1 amide bonds. The third-order valence-electron chi connectivity index (χ3n) is 4.45. The summed E-state index contributed by atoms with van der Waals surface area (Å²) in [4.78, 5) is 14.2. The summed E-state index contributed by atoms with van der Waals surface area (Å²) in [6, 6.07) is 3.87. The number of hydrogen-bond donors (Lipinski definition) is 1. The minimum absolute atomic E-state index is 0.00265. The first-order chi connectivity index (χ1) is 9.54. The molecular formula is C16H26N2O2. The Balaban J connectivity index is 1.92. The molecule has 0 saturated heterocycles. The summed E-state index contributed by atoms with van der Waals surface area (Å²) in [5, 5.41) is 3.40. The van der Waals surface area contributed by atoms with Gasteiger partial charge in [0.05, 0.1) is 6.54 Å². The molecule has 1 aromatic rings. The van der Waals surface area contributed by atoms with Crippen LogP contribution in [0, 0.1) is 6.92 Å². The Bertz CT molecular complexity index is 447. The molecule has 4 nitrogen and oxygen atoms in total. The molecule has 1 fully saturated rings. The van der Waals surface area contributed by atoms with Gasteiger partial charge in [-0.05, 0) is 38.9 Å². The molecule has 0 spiro atoms. The summed E-state index contributed by atoms with van der Waals surface area (Å²) in [5.41, 5.74) is 0.00265. The minimum atomic E-state index is 0.00265. The third kappa shape index (κ3) is 3.63. The van der Waals surface area contributed by atoms with E-state index < -0.39 is 0 Å². The van der Waals surface area contributed by atoms with E-state index in [1.54, 1.807) is 4.90 Å². The molecule has 4 heteroatoms. The standard InChI is InChI=1S/C16H26N2O2/c1-13-7-8-14(20-13)12-18(3)15(19)11-16(17-2)9-5-4-6-10-16/h7-8,17H,4-6,9-12H2,1-3H3. The number of hydrogen-bond acceptors (Lipinski definition) is 3. The van der Waals surface area contributed by atoms with Crippen LogP contribution in [-0.4, -0.2) is 30.4 Å². The molecule has 0 radical (unpaired) electrons. The highest BCUT2D eigenvalue weighted by atomic mass is 16.3. The van der Waals surface area contributed by atoms with Crippen molar-refractivity contribution in [3.8, 4) is 0 Å². The zero-order chi connectivity index (χ0) is 14.6. The smallest absolute Gasteiger partial charge is 0.224 e. The quantitative estimate of drug-likeness (QED) is 0.901. The van der Waals surface area contributed by atoms with Gasteiger partial charge in [-0.1, -0.05) is 19.3 Å². The van der Waals surface area contributed by atoms with E-state index in [0.717, 1.165) is 24.4 Å². The van der Waals surface area contributed by atoms with Crippen LogP contribution in [0.5, 0.6) is 0 Å². The molecule has 1 heterocycles. The van der Waals surface area contributed by atoms with Crippen molar-refractivity contribution in [2.75, 3.05) is 14.1 Å². The highest BCUT2D eigenvalue weighted by Crippen LogP contribution is 2.31. The van der Waals surface area contributed by atoms with Crippen molar-refractivity contribution in [2.24, 2.45) is 0 Å². The average Bonchev–Trinajstić information content (AvgIpc) is 2.85. The predicted octanol–water partition coefficient (Wildman–Crippen LogP) is 2.86. The first kappa shape index (κ1) is 15.1. The molecule has 1 aliphatic carbocycles. The van der Waals surface area contributed by atoms with Gasteiger partial charge in [0.2, 0.25) is 5.91 Å². The van der Waals surface area contributed by atoms with E-state index in [2.05, 4.69) is 5.32 Å². The van der Waals surface area contributed by atoms with Crippen molar-refractivity contribution in [3.63, 3.8) is 0 Å². The van der Waals surface area contributed by atoms with Gasteiger partial charge in [0.15, 0.2) is 0 Å². The number of aryl methyl sites for hydroxylation is 1. The molecule has 0 unspecified atom stereocenters. The van der Waals surface area contributed by atoms with E-state index >= 15 is 0 Å². The van der Waals surface area contributed by atoms with E-state index in [9.17, 15) is 4.79 Å². The van der Waals surface area contributed by atoms with E-state index in [1.807, 2.05) is 33.2 Å². The second-order valence-corrected chi connectivity index (χ2v) is 6.03. The number of carbonyl (C=O) groups excluding carboxylic acids is 1. The molecule has 1 saturated carbocycles. The summed E-state index contributed by atoms with van der Waals surface area (Å²) >= 11 is 0. The number of furan rings is 1. The lowest BCUT2D eigenvalue weighted by Gasteiger charge is -2.37. The van der Waals surface area contributed by atoms with Crippen molar-refractivity contribution in [1.82, 2.24) is 10.2 Å². The molecule has 0 bridgehead atoms. The van der Waals surface area contributed by atoms with Crippen LogP contribution in [0.1, 0.15) is 50.0 Å². The second kappa shape index (κ2) is 6.44. The summed E-state index contributed by atoms with van der Waals surface area (Å²) in [6.07, 6.45) is 6.51. The van der Waals surface area contributed by atoms with Crippen LogP contribution in [0.4, 0.5) is 0 Å². The summed E-state index contributed by atoms with van der Waals surface area (Å²) in [6.45, 7) is 2.47. The first-order valence-electron chi connectivity index (χ1n) is 7.53. The van der Waals surface area contributed by atoms with Crippen LogP contribution in [0.15, 0.2) is 16.5 Å². The highest BCUT2D eigenvalue weighted by molar-refractivity contribution is 5.77. The summed E-state index contributed by atoms with van der Waals surface area (Å²) in [7, 11) is 3.83. The van der Waals surface area contributed by atoms with Gasteiger partial charge in [0.1, 0.15) is 11.5 Å². The van der Waals surface area contributed by atoms with Gasteiger partial charge in [0, 0.05) is 19.0 Å². The molecule has 20 heavy (non-hydrogen) atoms. The fourth-order valence-electron chi connectivity index (χ4n) is 3.06. The number of amides is 1. The van der Waals surface area contributed by atoms with Crippen LogP contribution >= 0.6 is 0 Å². The number of nitrogens with zero attached hydrogens (tertiary/aromatic N) is 1. The van der Waals surface area contributed by atoms with E-state index in [0.29, 0.717) is 13.0 Å². The van der Waals surface area contributed by atoms with Crippen molar-refractivity contribution >= 4 is 5.91 Å². The monoisotopic (exact) mass is 278 g/mol. The van der Waals surface area contributed by atoms with Crippen LogP contribution in [-0.2, 0) is 11.3 Å². The number of carbonyl (C=O) groups is 1. The molecule has 1 N–H and O–H groups in total. The maximum atomic E-state index is 12.4. The van der Waals surface area contributed by atoms with Gasteiger partial charge in [0.25, 0.3) is 0 Å². The normalized spacial score (nSPS) is 17.9. The van der Waals surface area contributed by atoms with Gasteiger partial charge in [-0.15, -0.1) is 0 Å². The molecule has 112 valence electrons. The van der Waals surface area contributed by atoms with Crippen molar-refractivity contribution in [3.05, 3.63) is 23.7 Å². The fraction of sp³-hybridized carbons (Fsp3) is 0.688. The van der Waals surface area contributed by atoms with E-state index in [1.165, 1.54) is 19.3 Å². The molecule has 1 aliphatic rings. The Morgan fingerprint density at radius 2 is 2.05 bits per heavy atom. The Morgan fingerprint density at radius 3 is 2.60 bits per heavy atom.